The van der Waals surface area contributed by atoms with Crippen LogP contribution in [0, 0.1) is 12.8 Å². The first-order chi connectivity index (χ1) is 13.4. The number of oxazole rings is 1. The van der Waals surface area contributed by atoms with Crippen LogP contribution in [-0.2, 0) is 14.6 Å². The van der Waals surface area contributed by atoms with E-state index in [2.05, 4.69) is 10.3 Å². The van der Waals surface area contributed by atoms with Crippen molar-refractivity contribution >= 4 is 32.5 Å². The quantitative estimate of drug-likeness (QED) is 0.691. The molecule has 4 rings (SSSR count). The zero-order chi connectivity index (χ0) is 19.9. The molecule has 1 aliphatic carbocycles. The lowest BCUT2D eigenvalue weighted by atomic mass is 9.84. The maximum atomic E-state index is 12.3. The van der Waals surface area contributed by atoms with Crippen LogP contribution in [0.1, 0.15) is 31.7 Å². The van der Waals surface area contributed by atoms with Crippen LogP contribution in [0.4, 0.5) is 5.69 Å². The first-order valence-corrected chi connectivity index (χ1v) is 11.1. The molecule has 1 fully saturated rings. The molecule has 3 aromatic rings. The molecule has 1 amide bonds. The molecule has 1 saturated carbocycles. The number of anilines is 1. The zero-order valence-electron chi connectivity index (χ0n) is 15.9. The van der Waals surface area contributed by atoms with Crippen LogP contribution in [0.15, 0.2) is 45.7 Å². The number of carbonyl (C=O) groups is 1. The summed E-state index contributed by atoms with van der Waals surface area (Å²) in [7, 11) is -3.31. The number of aromatic nitrogens is 1. The van der Waals surface area contributed by atoms with Crippen LogP contribution in [-0.4, -0.2) is 25.1 Å². The number of sulfone groups is 1. The van der Waals surface area contributed by atoms with E-state index in [0.717, 1.165) is 36.1 Å². The van der Waals surface area contributed by atoms with Gasteiger partial charge < -0.3 is 9.73 Å². The Morgan fingerprint density at radius 1 is 1.25 bits per heavy atom. The van der Waals surface area contributed by atoms with Crippen molar-refractivity contribution in [3.8, 4) is 11.5 Å². The number of hydrogen-bond donors (Lipinski definition) is 1. The lowest BCUT2D eigenvalue weighted by Gasteiger charge is -2.24. The van der Waals surface area contributed by atoms with Crippen molar-refractivity contribution in [1.82, 2.24) is 4.98 Å². The lowest BCUT2D eigenvalue weighted by Crippen LogP contribution is -2.28. The summed E-state index contributed by atoms with van der Waals surface area (Å²) in [5, 5.41) is 3.00. The molecule has 0 atom stereocenters. The molecule has 0 spiro atoms. The van der Waals surface area contributed by atoms with Crippen LogP contribution in [0.25, 0.3) is 22.6 Å². The van der Waals surface area contributed by atoms with Gasteiger partial charge in [0.1, 0.15) is 5.52 Å². The van der Waals surface area contributed by atoms with Crippen molar-refractivity contribution in [1.29, 1.82) is 0 Å². The first-order valence-electron chi connectivity index (χ1n) is 9.43. The third-order valence-electron chi connectivity index (χ3n) is 5.40. The van der Waals surface area contributed by atoms with Crippen molar-refractivity contribution in [2.24, 2.45) is 5.92 Å². The van der Waals surface area contributed by atoms with Crippen molar-refractivity contribution in [3.05, 3.63) is 42.0 Å². The van der Waals surface area contributed by atoms with E-state index in [4.69, 9.17) is 4.42 Å². The minimum Gasteiger partial charge on any atom is -0.436 e. The molecule has 7 heteroatoms. The van der Waals surface area contributed by atoms with Gasteiger partial charge in [-0.1, -0.05) is 19.4 Å². The summed E-state index contributed by atoms with van der Waals surface area (Å²) < 4.78 is 30.1. The topological polar surface area (TPSA) is 89.3 Å². The fraction of sp³-hybridized carbons (Fsp3) is 0.333. The van der Waals surface area contributed by atoms with Crippen molar-refractivity contribution in [2.75, 3.05) is 11.1 Å². The second kappa shape index (κ2) is 7.05. The number of hydrogen-bond acceptors (Lipinski definition) is 5. The maximum absolute atomic E-state index is 12.3. The molecule has 28 heavy (non-hydrogen) atoms. The molecule has 1 heterocycles. The predicted octanol–water partition coefficient (Wildman–Crippen LogP) is 4.34. The van der Waals surface area contributed by atoms with Crippen LogP contribution in [0.2, 0.25) is 0 Å². The average Bonchev–Trinajstić information content (AvgIpc) is 3.05. The van der Waals surface area contributed by atoms with Crippen LogP contribution in [0.5, 0.6) is 0 Å². The number of carbonyl (C=O) groups excluding carboxylic acids is 1. The molecule has 1 aromatic heterocycles. The molecule has 0 radical (unpaired) electrons. The molecule has 0 bridgehead atoms. The number of nitrogens with zero attached hydrogens (tertiary/aromatic N) is 1. The second-order valence-electron chi connectivity index (χ2n) is 7.15. The minimum absolute atomic E-state index is 0.0328. The van der Waals surface area contributed by atoms with Gasteiger partial charge in [0, 0.05) is 17.2 Å². The van der Waals surface area contributed by atoms with E-state index < -0.39 is 9.84 Å². The molecule has 0 aliphatic heterocycles. The summed E-state index contributed by atoms with van der Waals surface area (Å²) in [6, 6.07) is 10.3. The molecule has 1 N–H and O–H groups in total. The smallest absolute Gasteiger partial charge is 0.227 e. The van der Waals surface area contributed by atoms with Gasteiger partial charge in [0.25, 0.3) is 0 Å². The van der Waals surface area contributed by atoms with E-state index in [1.165, 1.54) is 6.07 Å². The van der Waals surface area contributed by atoms with Gasteiger partial charge in [-0.2, -0.15) is 0 Å². The van der Waals surface area contributed by atoms with Crippen molar-refractivity contribution in [3.63, 3.8) is 0 Å². The zero-order valence-corrected chi connectivity index (χ0v) is 16.7. The molecule has 0 unspecified atom stereocenters. The highest BCUT2D eigenvalue weighted by molar-refractivity contribution is 7.91. The van der Waals surface area contributed by atoms with Crippen LogP contribution < -0.4 is 5.32 Å². The Labute approximate surface area is 163 Å². The Hall–Kier alpha value is -2.67. The van der Waals surface area contributed by atoms with E-state index in [-0.39, 0.29) is 22.5 Å². The van der Waals surface area contributed by atoms with Crippen LogP contribution in [0.3, 0.4) is 0 Å². The molecule has 146 valence electrons. The molecule has 0 saturated heterocycles. The second-order valence-corrected chi connectivity index (χ2v) is 9.43. The normalized spacial score (nSPS) is 14.8. The van der Waals surface area contributed by atoms with E-state index in [0.29, 0.717) is 17.0 Å². The maximum Gasteiger partial charge on any atom is 0.227 e. The van der Waals surface area contributed by atoms with Gasteiger partial charge in [-0.05, 0) is 55.7 Å². The Morgan fingerprint density at radius 3 is 2.71 bits per heavy atom. The highest BCUT2D eigenvalue weighted by Crippen LogP contribution is 2.33. The SMILES string of the molecule is CCS(=O)(=O)c1ccc2oc(-c3cccc(NC(=O)C4CCC4)c3C)nc2c1. The van der Waals surface area contributed by atoms with Gasteiger partial charge in [0.15, 0.2) is 15.4 Å². The molecular weight excluding hydrogens is 376 g/mol. The number of nitrogens with one attached hydrogen (secondary N) is 1. The summed E-state index contributed by atoms with van der Waals surface area (Å²) in [5.74, 6) is 0.591. The minimum atomic E-state index is -3.31. The summed E-state index contributed by atoms with van der Waals surface area (Å²) in [6.07, 6.45) is 2.99. The Bertz CT molecular complexity index is 1160. The van der Waals surface area contributed by atoms with E-state index in [1.807, 2.05) is 25.1 Å². The summed E-state index contributed by atoms with van der Waals surface area (Å²) >= 11 is 0. The Balaban J connectivity index is 1.69. The highest BCUT2D eigenvalue weighted by Gasteiger charge is 2.26. The third kappa shape index (κ3) is 3.30. The van der Waals surface area contributed by atoms with Gasteiger partial charge >= 0.3 is 0 Å². The number of amides is 1. The number of benzene rings is 2. The predicted molar refractivity (Wildman–Crippen MR) is 108 cm³/mol. The Kier molecular flexibility index (Phi) is 4.71. The largest absolute Gasteiger partial charge is 0.436 e. The molecular formula is C21H22N2O4S. The monoisotopic (exact) mass is 398 g/mol. The van der Waals surface area contributed by atoms with Gasteiger partial charge in [0.2, 0.25) is 11.8 Å². The molecule has 1 aliphatic rings. The lowest BCUT2D eigenvalue weighted by molar-refractivity contribution is -0.122. The molecule has 2 aromatic carbocycles. The fourth-order valence-electron chi connectivity index (χ4n) is 3.29. The van der Waals surface area contributed by atoms with Crippen molar-refractivity contribution < 1.29 is 17.6 Å². The molecule has 6 nitrogen and oxygen atoms in total. The first kappa shape index (κ1) is 18.7. The summed E-state index contributed by atoms with van der Waals surface area (Å²) in [4.78, 5) is 17.0. The van der Waals surface area contributed by atoms with Gasteiger partial charge in [-0.25, -0.2) is 13.4 Å². The van der Waals surface area contributed by atoms with Crippen molar-refractivity contribution in [2.45, 2.75) is 38.0 Å². The number of rotatable bonds is 5. The highest BCUT2D eigenvalue weighted by atomic mass is 32.2. The van der Waals surface area contributed by atoms with E-state index >= 15 is 0 Å². The third-order valence-corrected chi connectivity index (χ3v) is 7.13. The van der Waals surface area contributed by atoms with Gasteiger partial charge in [-0.3, -0.25) is 4.79 Å². The Morgan fingerprint density at radius 2 is 2.04 bits per heavy atom. The van der Waals surface area contributed by atoms with Crippen LogP contribution >= 0.6 is 0 Å². The van der Waals surface area contributed by atoms with E-state index in [9.17, 15) is 13.2 Å². The summed E-state index contributed by atoms with van der Waals surface area (Å²) in [6.45, 7) is 3.52. The summed E-state index contributed by atoms with van der Waals surface area (Å²) in [5.41, 5.74) is 3.39. The fourth-order valence-corrected chi connectivity index (χ4v) is 4.19. The van der Waals surface area contributed by atoms with Gasteiger partial charge in [0.05, 0.1) is 10.6 Å². The van der Waals surface area contributed by atoms with Gasteiger partial charge in [-0.15, -0.1) is 0 Å². The average molecular weight is 398 g/mol. The van der Waals surface area contributed by atoms with E-state index in [1.54, 1.807) is 19.1 Å². The number of fused-ring (bicyclic) bond motifs is 1. The standard InChI is InChI=1S/C21H22N2O4S/c1-3-28(25,26)15-10-11-19-18(12-15)23-21(27-19)16-8-5-9-17(13(16)2)22-20(24)14-6-4-7-14/h5,8-12,14H,3-4,6-7H2,1-2H3,(H,22,24).